The van der Waals surface area contributed by atoms with E-state index in [1.54, 1.807) is 6.08 Å². The van der Waals surface area contributed by atoms with Crippen molar-refractivity contribution in [3.8, 4) is 0 Å². The second-order valence-electron chi connectivity index (χ2n) is 7.28. The summed E-state index contributed by atoms with van der Waals surface area (Å²) in [5, 5.41) is 7.10. The summed E-state index contributed by atoms with van der Waals surface area (Å²) < 4.78 is 0.979. The number of aromatic nitrogens is 2. The summed E-state index contributed by atoms with van der Waals surface area (Å²) in [6.07, 6.45) is 7.27. The largest absolute Gasteiger partial charge is 0.340 e. The van der Waals surface area contributed by atoms with E-state index in [0.29, 0.717) is 11.5 Å². The van der Waals surface area contributed by atoms with Crippen molar-refractivity contribution in [2.75, 3.05) is 30.3 Å². The molecule has 1 amide bonds. The SMILES string of the molecule is CCCN(CC=CC(=O)Nc1ccc2ncnc(Nc3cccc(Br)c3)c2c1)CCC. The van der Waals surface area contributed by atoms with Gasteiger partial charge in [-0.25, -0.2) is 9.97 Å². The zero-order valence-electron chi connectivity index (χ0n) is 17.9. The third-order valence-electron chi connectivity index (χ3n) is 4.70. The van der Waals surface area contributed by atoms with Gasteiger partial charge in [0.1, 0.15) is 12.1 Å². The van der Waals surface area contributed by atoms with E-state index in [9.17, 15) is 4.79 Å². The Morgan fingerprint density at radius 1 is 1.06 bits per heavy atom. The topological polar surface area (TPSA) is 70.2 Å². The maximum atomic E-state index is 12.4. The zero-order valence-corrected chi connectivity index (χ0v) is 19.5. The van der Waals surface area contributed by atoms with Gasteiger partial charge in [-0.15, -0.1) is 0 Å². The highest BCUT2D eigenvalue weighted by Gasteiger charge is 2.07. The number of amides is 1. The van der Waals surface area contributed by atoms with Crippen LogP contribution in [0.2, 0.25) is 0 Å². The summed E-state index contributed by atoms with van der Waals surface area (Å²) >= 11 is 3.48. The van der Waals surface area contributed by atoms with Crippen molar-refractivity contribution in [1.29, 1.82) is 0 Å². The normalized spacial score (nSPS) is 11.4. The molecule has 3 aromatic rings. The number of anilines is 3. The van der Waals surface area contributed by atoms with Gasteiger partial charge in [0.25, 0.3) is 0 Å². The third kappa shape index (κ3) is 6.87. The number of halogens is 1. The van der Waals surface area contributed by atoms with Crippen molar-refractivity contribution in [3.63, 3.8) is 0 Å². The Labute approximate surface area is 191 Å². The molecule has 6 nitrogen and oxygen atoms in total. The Hall–Kier alpha value is -2.77. The number of rotatable bonds is 10. The molecule has 2 aromatic carbocycles. The summed E-state index contributed by atoms with van der Waals surface area (Å²) in [7, 11) is 0. The number of fused-ring (bicyclic) bond motifs is 1. The van der Waals surface area contributed by atoms with Crippen LogP contribution in [-0.4, -0.2) is 40.4 Å². The second-order valence-corrected chi connectivity index (χ2v) is 8.20. The Balaban J connectivity index is 1.71. The number of hydrogen-bond acceptors (Lipinski definition) is 5. The van der Waals surface area contributed by atoms with E-state index in [0.717, 1.165) is 53.5 Å². The summed E-state index contributed by atoms with van der Waals surface area (Å²) in [4.78, 5) is 23.5. The molecule has 31 heavy (non-hydrogen) atoms. The first-order chi connectivity index (χ1) is 15.1. The molecule has 0 atom stereocenters. The van der Waals surface area contributed by atoms with Gasteiger partial charge in [0, 0.05) is 33.9 Å². The second kappa shape index (κ2) is 11.6. The fourth-order valence-corrected chi connectivity index (χ4v) is 3.76. The van der Waals surface area contributed by atoms with Crippen LogP contribution in [0.3, 0.4) is 0 Å². The van der Waals surface area contributed by atoms with E-state index >= 15 is 0 Å². The van der Waals surface area contributed by atoms with Crippen LogP contribution in [0.15, 0.2) is 65.4 Å². The summed E-state index contributed by atoms with van der Waals surface area (Å²) in [6.45, 7) is 7.20. The Bertz CT molecular complexity index is 1050. The van der Waals surface area contributed by atoms with Crippen LogP contribution < -0.4 is 10.6 Å². The number of hydrogen-bond donors (Lipinski definition) is 2. The molecule has 162 valence electrons. The van der Waals surface area contributed by atoms with Gasteiger partial charge in [0.05, 0.1) is 5.52 Å². The first kappa shape index (κ1) is 22.9. The molecule has 0 bridgehead atoms. The van der Waals surface area contributed by atoms with Gasteiger partial charge < -0.3 is 10.6 Å². The lowest BCUT2D eigenvalue weighted by Gasteiger charge is -2.18. The monoisotopic (exact) mass is 481 g/mol. The Morgan fingerprint density at radius 3 is 2.61 bits per heavy atom. The van der Waals surface area contributed by atoms with Crippen LogP contribution >= 0.6 is 15.9 Å². The molecular formula is C24H28BrN5O. The average Bonchev–Trinajstić information content (AvgIpc) is 2.74. The zero-order chi connectivity index (χ0) is 22.1. The molecule has 0 radical (unpaired) electrons. The molecule has 1 aromatic heterocycles. The van der Waals surface area contributed by atoms with E-state index in [2.05, 4.69) is 55.3 Å². The molecule has 2 N–H and O–H groups in total. The molecule has 0 aliphatic rings. The maximum Gasteiger partial charge on any atom is 0.248 e. The minimum atomic E-state index is -0.148. The number of nitrogens with one attached hydrogen (secondary N) is 2. The Kier molecular flexibility index (Phi) is 8.55. The molecule has 0 aliphatic carbocycles. The van der Waals surface area contributed by atoms with E-state index in [1.807, 2.05) is 48.5 Å². The van der Waals surface area contributed by atoms with Gasteiger partial charge in [0.2, 0.25) is 5.91 Å². The van der Waals surface area contributed by atoms with Crippen LogP contribution in [0, 0.1) is 0 Å². The number of carbonyl (C=O) groups is 1. The van der Waals surface area contributed by atoms with Crippen LogP contribution in [0.4, 0.5) is 17.2 Å². The minimum Gasteiger partial charge on any atom is -0.340 e. The van der Waals surface area contributed by atoms with E-state index in [4.69, 9.17) is 0 Å². The minimum absolute atomic E-state index is 0.148. The summed E-state index contributed by atoms with van der Waals surface area (Å²) in [5.41, 5.74) is 2.42. The number of benzene rings is 2. The molecule has 1 heterocycles. The van der Waals surface area contributed by atoms with Crippen molar-refractivity contribution < 1.29 is 4.79 Å². The van der Waals surface area contributed by atoms with E-state index in [-0.39, 0.29) is 5.91 Å². The highest BCUT2D eigenvalue weighted by atomic mass is 79.9. The molecule has 0 fully saturated rings. The predicted octanol–water partition coefficient (Wildman–Crippen LogP) is 5.75. The standard InChI is InChI=1S/C24H28BrN5O/c1-3-12-30(13-4-2)14-6-9-23(31)28-20-10-11-22-21(16-20)24(27-17-26-22)29-19-8-5-7-18(25)15-19/h5-11,15-17H,3-4,12-14H2,1-2H3,(H,28,31)(H,26,27,29). The molecule has 0 spiro atoms. The number of nitrogens with zero attached hydrogens (tertiary/aromatic N) is 3. The van der Waals surface area contributed by atoms with Crippen molar-refractivity contribution >= 4 is 49.9 Å². The fourth-order valence-electron chi connectivity index (χ4n) is 3.36. The maximum absolute atomic E-state index is 12.4. The first-order valence-electron chi connectivity index (χ1n) is 10.6. The summed E-state index contributed by atoms with van der Waals surface area (Å²) in [5.74, 6) is 0.537. The van der Waals surface area contributed by atoms with Crippen molar-refractivity contribution in [3.05, 3.63) is 65.4 Å². The molecule has 0 saturated carbocycles. The van der Waals surface area contributed by atoms with Crippen LogP contribution in [0.25, 0.3) is 10.9 Å². The van der Waals surface area contributed by atoms with Crippen LogP contribution in [-0.2, 0) is 4.79 Å². The molecule has 3 rings (SSSR count). The fraction of sp³-hybridized carbons (Fsp3) is 0.292. The van der Waals surface area contributed by atoms with Crippen molar-refractivity contribution in [2.45, 2.75) is 26.7 Å². The van der Waals surface area contributed by atoms with Crippen LogP contribution in [0.5, 0.6) is 0 Å². The lowest BCUT2D eigenvalue weighted by atomic mass is 10.2. The van der Waals surface area contributed by atoms with E-state index in [1.165, 1.54) is 6.33 Å². The summed E-state index contributed by atoms with van der Waals surface area (Å²) in [6, 6.07) is 13.5. The first-order valence-corrected chi connectivity index (χ1v) is 11.4. The quantitative estimate of drug-likeness (QED) is 0.360. The predicted molar refractivity (Wildman–Crippen MR) is 132 cm³/mol. The molecule has 0 aliphatic heterocycles. The third-order valence-corrected chi connectivity index (χ3v) is 5.20. The molecule has 7 heteroatoms. The smallest absolute Gasteiger partial charge is 0.248 e. The number of carbonyl (C=O) groups excluding carboxylic acids is 1. The lowest BCUT2D eigenvalue weighted by molar-refractivity contribution is -0.111. The highest BCUT2D eigenvalue weighted by molar-refractivity contribution is 9.10. The van der Waals surface area contributed by atoms with Crippen molar-refractivity contribution in [1.82, 2.24) is 14.9 Å². The van der Waals surface area contributed by atoms with Gasteiger partial charge in [-0.2, -0.15) is 0 Å². The lowest BCUT2D eigenvalue weighted by Crippen LogP contribution is -2.25. The molecule has 0 unspecified atom stereocenters. The highest BCUT2D eigenvalue weighted by Crippen LogP contribution is 2.26. The van der Waals surface area contributed by atoms with E-state index < -0.39 is 0 Å². The Morgan fingerprint density at radius 2 is 1.87 bits per heavy atom. The van der Waals surface area contributed by atoms with Gasteiger partial charge in [-0.1, -0.05) is 41.9 Å². The van der Waals surface area contributed by atoms with Crippen LogP contribution in [0.1, 0.15) is 26.7 Å². The van der Waals surface area contributed by atoms with Gasteiger partial charge in [-0.3, -0.25) is 9.69 Å². The average molecular weight is 482 g/mol. The van der Waals surface area contributed by atoms with Crippen molar-refractivity contribution in [2.24, 2.45) is 0 Å². The van der Waals surface area contributed by atoms with Gasteiger partial charge in [-0.05, 0) is 62.3 Å². The van der Waals surface area contributed by atoms with Gasteiger partial charge in [0.15, 0.2) is 0 Å². The molecular weight excluding hydrogens is 454 g/mol. The van der Waals surface area contributed by atoms with Gasteiger partial charge >= 0.3 is 0 Å². The molecule has 0 saturated heterocycles.